The molecule has 1 aromatic rings. The second-order valence-electron chi connectivity index (χ2n) is 5.53. The van der Waals surface area contributed by atoms with Gasteiger partial charge < -0.3 is 10.4 Å². The molecule has 0 aliphatic heterocycles. The van der Waals surface area contributed by atoms with Crippen LogP contribution in [0.3, 0.4) is 0 Å². The zero-order chi connectivity index (χ0) is 15.5. The molecule has 0 spiro atoms. The largest absolute Gasteiger partial charge is 0.481 e. The molecule has 0 saturated heterocycles. The van der Waals surface area contributed by atoms with Crippen LogP contribution < -0.4 is 5.32 Å². The molecule has 1 aliphatic rings. The maximum Gasteiger partial charge on any atom is 0.305 e. The van der Waals surface area contributed by atoms with Gasteiger partial charge in [0.05, 0.1) is 22.9 Å². The van der Waals surface area contributed by atoms with Gasteiger partial charge in [-0.05, 0) is 46.5 Å². The Kier molecular flexibility index (Phi) is 4.98. The van der Waals surface area contributed by atoms with Crippen LogP contribution in [0, 0.1) is 5.82 Å². The Morgan fingerprint density at radius 2 is 2.00 bits per heavy atom. The molecule has 0 bridgehead atoms. The summed E-state index contributed by atoms with van der Waals surface area (Å²) >= 11 is 3.08. The number of halogens is 2. The number of benzene rings is 1. The van der Waals surface area contributed by atoms with Crippen molar-refractivity contribution in [3.05, 3.63) is 34.1 Å². The Bertz CT molecular complexity index is 556. The molecule has 1 saturated carbocycles. The average Bonchev–Trinajstić information content (AvgIpc) is 2.80. The molecule has 4 nitrogen and oxygen atoms in total. The molecule has 1 amide bonds. The van der Waals surface area contributed by atoms with Crippen LogP contribution in [0.2, 0.25) is 0 Å². The molecule has 1 fully saturated rings. The number of hydrogen-bond acceptors (Lipinski definition) is 2. The van der Waals surface area contributed by atoms with Gasteiger partial charge in [0, 0.05) is 0 Å². The normalized spacial score (nSPS) is 16.7. The minimum absolute atomic E-state index is 0.0497. The standard InChI is InChI=1S/C15H17BrFNO3/c16-11-7-10(3-4-12(11)17)8-13(19)18-15(9-14(20)21)5-1-2-6-15/h3-4,7H,1-2,5-6,8-9H2,(H,18,19)(H,20,21). The third-order valence-corrected chi connectivity index (χ3v) is 4.41. The van der Waals surface area contributed by atoms with Gasteiger partial charge >= 0.3 is 5.97 Å². The number of nitrogens with one attached hydrogen (secondary N) is 1. The first-order valence-corrected chi connectivity index (χ1v) is 7.66. The molecule has 0 heterocycles. The minimum atomic E-state index is -0.901. The highest BCUT2D eigenvalue weighted by Gasteiger charge is 2.37. The fourth-order valence-electron chi connectivity index (χ4n) is 2.86. The summed E-state index contributed by atoms with van der Waals surface area (Å²) in [6.45, 7) is 0. The lowest BCUT2D eigenvalue weighted by molar-refractivity contribution is -0.139. The van der Waals surface area contributed by atoms with Crippen molar-refractivity contribution in [3.63, 3.8) is 0 Å². The predicted molar refractivity (Wildman–Crippen MR) is 79.4 cm³/mol. The van der Waals surface area contributed by atoms with E-state index in [0.29, 0.717) is 22.9 Å². The number of carboxylic acids is 1. The van der Waals surface area contributed by atoms with Crippen molar-refractivity contribution in [1.29, 1.82) is 0 Å². The van der Waals surface area contributed by atoms with Crippen LogP contribution in [0.5, 0.6) is 0 Å². The average molecular weight is 358 g/mol. The molecular weight excluding hydrogens is 341 g/mol. The second-order valence-corrected chi connectivity index (χ2v) is 6.39. The van der Waals surface area contributed by atoms with Crippen LogP contribution in [0.25, 0.3) is 0 Å². The lowest BCUT2D eigenvalue weighted by Crippen LogP contribution is -2.48. The number of carbonyl (C=O) groups is 2. The van der Waals surface area contributed by atoms with Gasteiger partial charge in [-0.15, -0.1) is 0 Å². The Morgan fingerprint density at radius 1 is 1.33 bits per heavy atom. The number of carbonyl (C=O) groups excluding carboxylic acids is 1. The molecule has 21 heavy (non-hydrogen) atoms. The van der Waals surface area contributed by atoms with E-state index in [1.54, 1.807) is 12.1 Å². The van der Waals surface area contributed by atoms with Crippen LogP contribution in [-0.4, -0.2) is 22.5 Å². The number of hydrogen-bond donors (Lipinski definition) is 2. The molecule has 6 heteroatoms. The van der Waals surface area contributed by atoms with Crippen LogP contribution in [0.1, 0.15) is 37.7 Å². The zero-order valence-corrected chi connectivity index (χ0v) is 13.1. The highest BCUT2D eigenvalue weighted by atomic mass is 79.9. The molecule has 0 aromatic heterocycles. The lowest BCUT2D eigenvalue weighted by atomic mass is 9.92. The highest BCUT2D eigenvalue weighted by Crippen LogP contribution is 2.32. The van der Waals surface area contributed by atoms with Gasteiger partial charge in [0.15, 0.2) is 0 Å². The third kappa shape index (κ3) is 4.27. The van der Waals surface area contributed by atoms with Crippen LogP contribution >= 0.6 is 15.9 Å². The Labute approximate surface area is 130 Å². The van der Waals surface area contributed by atoms with Crippen molar-refractivity contribution >= 4 is 27.8 Å². The first kappa shape index (κ1) is 15.9. The maximum absolute atomic E-state index is 13.2. The van der Waals surface area contributed by atoms with E-state index < -0.39 is 11.5 Å². The number of rotatable bonds is 5. The van der Waals surface area contributed by atoms with Gasteiger partial charge in [0.1, 0.15) is 5.82 Å². The van der Waals surface area contributed by atoms with Crippen molar-refractivity contribution in [2.45, 2.75) is 44.1 Å². The number of amides is 1. The van der Waals surface area contributed by atoms with E-state index in [4.69, 9.17) is 5.11 Å². The summed E-state index contributed by atoms with van der Waals surface area (Å²) in [4.78, 5) is 23.1. The molecule has 0 atom stereocenters. The van der Waals surface area contributed by atoms with E-state index >= 15 is 0 Å². The first-order chi connectivity index (χ1) is 9.90. The number of carboxylic acid groups (broad SMARTS) is 1. The van der Waals surface area contributed by atoms with Crippen LogP contribution in [-0.2, 0) is 16.0 Å². The van der Waals surface area contributed by atoms with Gasteiger partial charge in [-0.3, -0.25) is 9.59 Å². The van der Waals surface area contributed by atoms with Gasteiger partial charge in [-0.1, -0.05) is 18.9 Å². The second kappa shape index (κ2) is 6.56. The smallest absolute Gasteiger partial charge is 0.305 e. The molecule has 2 N–H and O–H groups in total. The molecular formula is C15H17BrFNO3. The summed E-state index contributed by atoms with van der Waals surface area (Å²) in [5.74, 6) is -1.50. The van der Waals surface area contributed by atoms with Crippen LogP contribution in [0.15, 0.2) is 22.7 Å². The Morgan fingerprint density at radius 3 is 2.57 bits per heavy atom. The monoisotopic (exact) mass is 357 g/mol. The molecule has 0 radical (unpaired) electrons. The maximum atomic E-state index is 13.2. The minimum Gasteiger partial charge on any atom is -0.481 e. The molecule has 2 rings (SSSR count). The Balaban J connectivity index is 2.02. The third-order valence-electron chi connectivity index (χ3n) is 3.80. The molecule has 1 aliphatic carbocycles. The van der Waals surface area contributed by atoms with E-state index in [2.05, 4.69) is 21.2 Å². The summed E-state index contributed by atoms with van der Waals surface area (Å²) in [7, 11) is 0. The van der Waals surface area contributed by atoms with Crippen molar-refractivity contribution in [1.82, 2.24) is 5.32 Å². The lowest BCUT2D eigenvalue weighted by Gasteiger charge is -2.28. The quantitative estimate of drug-likeness (QED) is 0.850. The zero-order valence-electron chi connectivity index (χ0n) is 11.5. The molecule has 1 aromatic carbocycles. The van der Waals surface area contributed by atoms with Gasteiger partial charge in [0.25, 0.3) is 0 Å². The van der Waals surface area contributed by atoms with E-state index in [9.17, 15) is 14.0 Å². The summed E-state index contributed by atoms with van der Waals surface area (Å²) in [5, 5.41) is 11.9. The predicted octanol–water partition coefficient (Wildman–Crippen LogP) is 3.03. The topological polar surface area (TPSA) is 66.4 Å². The summed E-state index contributed by atoms with van der Waals surface area (Å²) in [5.41, 5.74) is 0.0597. The summed E-state index contributed by atoms with van der Waals surface area (Å²) in [6.07, 6.45) is 3.30. The molecule has 114 valence electrons. The van der Waals surface area contributed by atoms with Crippen molar-refractivity contribution < 1.29 is 19.1 Å². The summed E-state index contributed by atoms with van der Waals surface area (Å²) < 4.78 is 13.5. The first-order valence-electron chi connectivity index (χ1n) is 6.87. The Hall–Kier alpha value is -1.43. The van der Waals surface area contributed by atoms with Crippen molar-refractivity contribution in [3.8, 4) is 0 Å². The fourth-order valence-corrected chi connectivity index (χ4v) is 3.29. The van der Waals surface area contributed by atoms with E-state index in [1.165, 1.54) is 6.07 Å². The van der Waals surface area contributed by atoms with Gasteiger partial charge in [-0.25, -0.2) is 4.39 Å². The van der Waals surface area contributed by atoms with E-state index in [0.717, 1.165) is 12.8 Å². The van der Waals surface area contributed by atoms with Crippen LogP contribution in [0.4, 0.5) is 4.39 Å². The van der Waals surface area contributed by atoms with E-state index in [1.807, 2.05) is 0 Å². The SMILES string of the molecule is O=C(O)CC1(NC(=O)Cc2ccc(F)c(Br)c2)CCCC1. The van der Waals surface area contributed by atoms with E-state index in [-0.39, 0.29) is 24.6 Å². The van der Waals surface area contributed by atoms with Gasteiger partial charge in [-0.2, -0.15) is 0 Å². The highest BCUT2D eigenvalue weighted by molar-refractivity contribution is 9.10. The summed E-state index contributed by atoms with van der Waals surface area (Å²) in [6, 6.07) is 4.42. The molecule has 0 unspecified atom stereocenters. The van der Waals surface area contributed by atoms with Crippen molar-refractivity contribution in [2.24, 2.45) is 0 Å². The fraction of sp³-hybridized carbons (Fsp3) is 0.467. The number of aliphatic carboxylic acids is 1. The van der Waals surface area contributed by atoms with Crippen molar-refractivity contribution in [2.75, 3.05) is 0 Å². The van der Waals surface area contributed by atoms with Gasteiger partial charge in [0.2, 0.25) is 5.91 Å².